The van der Waals surface area contributed by atoms with Crippen LogP contribution < -0.4 is 4.74 Å². The average Bonchev–Trinajstić information content (AvgIpc) is 2.45. The van der Waals surface area contributed by atoms with Gasteiger partial charge in [-0.3, -0.25) is 0 Å². The Labute approximate surface area is 131 Å². The first-order valence-corrected chi connectivity index (χ1v) is 6.27. The summed E-state index contributed by atoms with van der Waals surface area (Å²) in [5, 5.41) is 8.91. The van der Waals surface area contributed by atoms with E-state index in [-0.39, 0.29) is 11.1 Å². The maximum Gasteiger partial charge on any atom is 0.573 e. The molecular formula is C15H8F6O3. The Morgan fingerprint density at radius 1 is 0.875 bits per heavy atom. The predicted molar refractivity (Wildman–Crippen MR) is 70.5 cm³/mol. The van der Waals surface area contributed by atoms with Gasteiger partial charge in [-0.15, -0.1) is 13.2 Å². The van der Waals surface area contributed by atoms with Crippen LogP contribution in [0.4, 0.5) is 26.3 Å². The summed E-state index contributed by atoms with van der Waals surface area (Å²) in [6.07, 6.45) is -9.66. The van der Waals surface area contributed by atoms with Gasteiger partial charge in [0.2, 0.25) is 0 Å². The summed E-state index contributed by atoms with van der Waals surface area (Å²) < 4.78 is 78.4. The fourth-order valence-corrected chi connectivity index (χ4v) is 1.93. The van der Waals surface area contributed by atoms with Crippen molar-refractivity contribution in [1.29, 1.82) is 0 Å². The zero-order valence-corrected chi connectivity index (χ0v) is 11.6. The quantitative estimate of drug-likeness (QED) is 0.795. The lowest BCUT2D eigenvalue weighted by atomic mass is 9.99. The summed E-state index contributed by atoms with van der Waals surface area (Å²) in [5.41, 5.74) is -1.75. The topological polar surface area (TPSA) is 46.5 Å². The largest absolute Gasteiger partial charge is 0.573 e. The molecule has 0 aliphatic rings. The molecule has 0 aromatic heterocycles. The van der Waals surface area contributed by atoms with E-state index in [1.807, 2.05) is 0 Å². The minimum atomic E-state index is -4.89. The molecule has 0 unspecified atom stereocenters. The van der Waals surface area contributed by atoms with Crippen LogP contribution in [0.1, 0.15) is 15.9 Å². The van der Waals surface area contributed by atoms with Gasteiger partial charge in [-0.2, -0.15) is 13.2 Å². The van der Waals surface area contributed by atoms with Crippen LogP contribution in [-0.4, -0.2) is 17.4 Å². The highest BCUT2D eigenvalue weighted by atomic mass is 19.4. The molecule has 0 aliphatic carbocycles. The average molecular weight is 350 g/mol. The summed E-state index contributed by atoms with van der Waals surface area (Å²) in [5.74, 6) is -2.10. The number of carbonyl (C=O) groups is 1. The van der Waals surface area contributed by atoms with E-state index >= 15 is 0 Å². The van der Waals surface area contributed by atoms with E-state index in [4.69, 9.17) is 5.11 Å². The van der Waals surface area contributed by atoms with Crippen molar-refractivity contribution >= 4 is 5.97 Å². The maximum absolute atomic E-state index is 12.8. The zero-order chi connectivity index (χ0) is 18.1. The van der Waals surface area contributed by atoms with Gasteiger partial charge in [0.05, 0.1) is 11.1 Å². The van der Waals surface area contributed by atoms with Gasteiger partial charge in [0.25, 0.3) is 0 Å². The Kier molecular flexibility index (Phi) is 4.46. The molecule has 0 atom stereocenters. The van der Waals surface area contributed by atoms with Crippen molar-refractivity contribution in [2.24, 2.45) is 0 Å². The molecule has 128 valence electrons. The van der Waals surface area contributed by atoms with Crippen LogP contribution in [0.3, 0.4) is 0 Å². The number of benzene rings is 2. The van der Waals surface area contributed by atoms with Crippen LogP contribution in [0.5, 0.6) is 5.75 Å². The molecular weight excluding hydrogens is 342 g/mol. The number of aromatic carboxylic acids is 1. The van der Waals surface area contributed by atoms with E-state index in [0.29, 0.717) is 12.1 Å². The molecule has 3 nitrogen and oxygen atoms in total. The van der Waals surface area contributed by atoms with Crippen LogP contribution in [0.15, 0.2) is 42.5 Å². The van der Waals surface area contributed by atoms with Crippen molar-refractivity contribution in [2.45, 2.75) is 12.5 Å². The molecule has 0 radical (unpaired) electrons. The summed E-state index contributed by atoms with van der Waals surface area (Å²) >= 11 is 0. The number of rotatable bonds is 3. The molecule has 0 aliphatic heterocycles. The van der Waals surface area contributed by atoms with Crippen molar-refractivity contribution in [3.8, 4) is 16.9 Å². The molecule has 1 N–H and O–H groups in total. The minimum Gasteiger partial charge on any atom is -0.478 e. The van der Waals surface area contributed by atoms with Gasteiger partial charge in [0.15, 0.2) is 0 Å². The van der Waals surface area contributed by atoms with Crippen molar-refractivity contribution in [3.63, 3.8) is 0 Å². The molecule has 0 amide bonds. The van der Waals surface area contributed by atoms with E-state index in [2.05, 4.69) is 4.74 Å². The molecule has 0 saturated carbocycles. The van der Waals surface area contributed by atoms with Gasteiger partial charge in [-0.1, -0.05) is 12.1 Å². The Bertz CT molecular complexity index is 747. The van der Waals surface area contributed by atoms with E-state index in [0.717, 1.165) is 30.3 Å². The van der Waals surface area contributed by atoms with Crippen LogP contribution in [0.25, 0.3) is 11.1 Å². The number of ether oxygens (including phenoxy) is 1. The van der Waals surface area contributed by atoms with Gasteiger partial charge < -0.3 is 9.84 Å². The molecule has 24 heavy (non-hydrogen) atoms. The van der Waals surface area contributed by atoms with Crippen molar-refractivity contribution in [3.05, 3.63) is 53.6 Å². The highest BCUT2D eigenvalue weighted by molar-refractivity contribution is 5.90. The molecule has 0 bridgehead atoms. The molecule has 0 heterocycles. The second kappa shape index (κ2) is 6.06. The third kappa shape index (κ3) is 4.40. The third-order valence-electron chi connectivity index (χ3n) is 2.93. The van der Waals surface area contributed by atoms with E-state index in [9.17, 15) is 31.1 Å². The smallest absolute Gasteiger partial charge is 0.478 e. The second-order valence-corrected chi connectivity index (χ2v) is 4.67. The summed E-state index contributed by atoms with van der Waals surface area (Å²) in [4.78, 5) is 11.0. The fourth-order valence-electron chi connectivity index (χ4n) is 1.93. The van der Waals surface area contributed by atoms with Crippen LogP contribution in [0.2, 0.25) is 0 Å². The summed E-state index contributed by atoms with van der Waals surface area (Å²) in [7, 11) is 0. The van der Waals surface area contributed by atoms with Gasteiger partial charge in [0, 0.05) is 0 Å². The normalized spacial score (nSPS) is 12.1. The first kappa shape index (κ1) is 17.6. The number of alkyl halides is 6. The van der Waals surface area contributed by atoms with E-state index in [1.54, 1.807) is 0 Å². The first-order valence-electron chi connectivity index (χ1n) is 6.27. The van der Waals surface area contributed by atoms with Crippen molar-refractivity contribution in [1.82, 2.24) is 0 Å². The molecule has 2 aromatic carbocycles. The molecule has 0 saturated heterocycles. The third-order valence-corrected chi connectivity index (χ3v) is 2.93. The minimum absolute atomic E-state index is 0.0965. The highest BCUT2D eigenvalue weighted by Gasteiger charge is 2.32. The predicted octanol–water partition coefficient (Wildman–Crippen LogP) is 4.97. The Morgan fingerprint density at radius 3 is 1.92 bits per heavy atom. The lowest BCUT2D eigenvalue weighted by Gasteiger charge is -2.12. The second-order valence-electron chi connectivity index (χ2n) is 4.67. The first-order chi connectivity index (χ1) is 11.0. The molecule has 0 fully saturated rings. The van der Waals surface area contributed by atoms with E-state index in [1.165, 1.54) is 0 Å². The Balaban J connectivity index is 2.44. The lowest BCUT2D eigenvalue weighted by Crippen LogP contribution is -2.16. The zero-order valence-electron chi connectivity index (χ0n) is 11.6. The van der Waals surface area contributed by atoms with Crippen molar-refractivity contribution in [2.75, 3.05) is 0 Å². The van der Waals surface area contributed by atoms with Crippen LogP contribution in [0, 0.1) is 0 Å². The lowest BCUT2D eigenvalue weighted by molar-refractivity contribution is -0.274. The fraction of sp³-hybridized carbons (Fsp3) is 0.133. The Morgan fingerprint density at radius 2 is 1.46 bits per heavy atom. The number of halogens is 6. The Hall–Kier alpha value is -2.71. The van der Waals surface area contributed by atoms with Gasteiger partial charge in [-0.05, 0) is 41.5 Å². The number of carboxylic acid groups (broad SMARTS) is 1. The number of hydrogen-bond acceptors (Lipinski definition) is 2. The summed E-state index contributed by atoms with van der Waals surface area (Å²) in [6.45, 7) is 0. The van der Waals surface area contributed by atoms with Crippen LogP contribution in [-0.2, 0) is 6.18 Å². The number of carboxylic acids is 1. The van der Waals surface area contributed by atoms with Crippen LogP contribution >= 0.6 is 0 Å². The standard InChI is InChI=1S/C15H8F6O3/c16-14(17,18)11-6-9(5-10(7-11)13(22)23)8-1-3-12(4-2-8)24-15(19,20)21/h1-7H,(H,22,23). The molecule has 9 heteroatoms. The van der Waals surface area contributed by atoms with Gasteiger partial charge in [-0.25, -0.2) is 4.79 Å². The number of hydrogen-bond donors (Lipinski definition) is 1. The van der Waals surface area contributed by atoms with Gasteiger partial charge >= 0.3 is 18.5 Å². The van der Waals surface area contributed by atoms with E-state index < -0.39 is 35.4 Å². The highest BCUT2D eigenvalue weighted by Crippen LogP contribution is 2.34. The monoisotopic (exact) mass is 350 g/mol. The SMILES string of the molecule is O=C(O)c1cc(-c2ccc(OC(F)(F)F)cc2)cc(C(F)(F)F)c1. The van der Waals surface area contributed by atoms with Gasteiger partial charge in [0.1, 0.15) is 5.75 Å². The van der Waals surface area contributed by atoms with Crippen molar-refractivity contribution < 1.29 is 41.0 Å². The molecule has 2 rings (SSSR count). The summed E-state index contributed by atoms with van der Waals surface area (Å²) in [6, 6.07) is 6.23. The molecule has 2 aromatic rings. The molecule has 0 spiro atoms. The maximum atomic E-state index is 12.8.